The molecule has 116 valence electrons. The first-order chi connectivity index (χ1) is 9.94. The van der Waals surface area contributed by atoms with E-state index in [9.17, 15) is 4.79 Å². The van der Waals surface area contributed by atoms with E-state index in [0.29, 0.717) is 6.54 Å². The fourth-order valence-electron chi connectivity index (χ4n) is 2.52. The molecule has 1 fully saturated rings. The number of hydrogen-bond donors (Lipinski definition) is 1. The molecule has 1 aromatic rings. The molecule has 4 nitrogen and oxygen atoms in total. The number of nitrogens with zero attached hydrogens (tertiary/aromatic N) is 1. The third-order valence-electron chi connectivity index (χ3n) is 3.47. The maximum Gasteiger partial charge on any atom is 0.410 e. The Hall–Kier alpha value is -1.71. The van der Waals surface area contributed by atoms with Crippen LogP contribution >= 0.6 is 0 Å². The van der Waals surface area contributed by atoms with Crippen molar-refractivity contribution in [1.29, 1.82) is 0 Å². The minimum absolute atomic E-state index is 0.204. The number of rotatable bonds is 2. The van der Waals surface area contributed by atoms with Gasteiger partial charge in [-0.3, -0.25) is 0 Å². The van der Waals surface area contributed by atoms with Gasteiger partial charge in [-0.25, -0.2) is 4.79 Å². The van der Waals surface area contributed by atoms with Gasteiger partial charge in [0.2, 0.25) is 0 Å². The number of likely N-dealkylation sites (tertiary alicyclic amines) is 1. The van der Waals surface area contributed by atoms with Crippen LogP contribution in [0.15, 0.2) is 30.3 Å². The topological polar surface area (TPSA) is 41.6 Å². The number of benzene rings is 1. The van der Waals surface area contributed by atoms with Crippen molar-refractivity contribution in [2.45, 2.75) is 51.7 Å². The summed E-state index contributed by atoms with van der Waals surface area (Å²) in [5, 5.41) is 3.52. The van der Waals surface area contributed by atoms with Gasteiger partial charge in [0, 0.05) is 24.8 Å². The van der Waals surface area contributed by atoms with Crippen molar-refractivity contribution >= 4 is 11.8 Å². The lowest BCUT2D eigenvalue weighted by Gasteiger charge is -2.29. The van der Waals surface area contributed by atoms with Crippen molar-refractivity contribution in [2.75, 3.05) is 18.4 Å². The summed E-state index contributed by atoms with van der Waals surface area (Å²) >= 11 is 0. The molecule has 0 unspecified atom stereocenters. The van der Waals surface area contributed by atoms with E-state index in [1.54, 1.807) is 0 Å². The summed E-state index contributed by atoms with van der Waals surface area (Å²) in [6.07, 6.45) is 3.04. The van der Waals surface area contributed by atoms with Crippen LogP contribution in [-0.2, 0) is 4.74 Å². The average Bonchev–Trinajstić information content (AvgIpc) is 2.64. The Balaban J connectivity index is 1.96. The van der Waals surface area contributed by atoms with Crippen molar-refractivity contribution in [3.63, 3.8) is 0 Å². The normalized spacial score (nSPS) is 19.8. The van der Waals surface area contributed by atoms with Gasteiger partial charge in [0.05, 0.1) is 0 Å². The molecular weight excluding hydrogens is 264 g/mol. The minimum atomic E-state index is -0.439. The second kappa shape index (κ2) is 6.83. The maximum absolute atomic E-state index is 12.2. The van der Waals surface area contributed by atoms with Gasteiger partial charge in [-0.1, -0.05) is 18.2 Å². The third-order valence-corrected chi connectivity index (χ3v) is 3.47. The smallest absolute Gasteiger partial charge is 0.410 e. The number of anilines is 1. The van der Waals surface area contributed by atoms with Crippen LogP contribution in [0, 0.1) is 0 Å². The molecule has 0 saturated carbocycles. The van der Waals surface area contributed by atoms with Crippen molar-refractivity contribution in [2.24, 2.45) is 0 Å². The molecular formula is C17H26N2O2. The molecule has 21 heavy (non-hydrogen) atoms. The summed E-state index contributed by atoms with van der Waals surface area (Å²) in [5.41, 5.74) is 0.666. The van der Waals surface area contributed by atoms with Crippen molar-refractivity contribution in [3.8, 4) is 0 Å². The van der Waals surface area contributed by atoms with E-state index < -0.39 is 5.60 Å². The second-order valence-corrected chi connectivity index (χ2v) is 6.63. The highest BCUT2D eigenvalue weighted by molar-refractivity contribution is 5.68. The molecule has 1 N–H and O–H groups in total. The summed E-state index contributed by atoms with van der Waals surface area (Å²) in [6, 6.07) is 10.4. The van der Waals surface area contributed by atoms with E-state index in [4.69, 9.17) is 4.74 Å². The standard InChI is InChI=1S/C17H26N2O2/c1-17(2,3)21-16(20)19-12-8-7-11-15(13-19)18-14-9-5-4-6-10-14/h4-6,9-10,15,18H,7-8,11-13H2,1-3H3/t15-/m0/s1. The summed E-state index contributed by atoms with van der Waals surface area (Å²) in [6.45, 7) is 7.19. The van der Waals surface area contributed by atoms with Gasteiger partial charge < -0.3 is 15.0 Å². The fraction of sp³-hybridized carbons (Fsp3) is 0.588. The average molecular weight is 290 g/mol. The van der Waals surface area contributed by atoms with E-state index in [2.05, 4.69) is 17.4 Å². The summed E-state index contributed by atoms with van der Waals surface area (Å²) in [7, 11) is 0. The van der Waals surface area contributed by atoms with Gasteiger partial charge in [0.25, 0.3) is 0 Å². The maximum atomic E-state index is 12.2. The van der Waals surface area contributed by atoms with Crippen LogP contribution in [-0.4, -0.2) is 35.7 Å². The lowest BCUT2D eigenvalue weighted by atomic mass is 10.1. The molecule has 1 aromatic carbocycles. The lowest BCUT2D eigenvalue weighted by Crippen LogP contribution is -2.42. The van der Waals surface area contributed by atoms with Crippen LogP contribution < -0.4 is 5.32 Å². The predicted octanol–water partition coefficient (Wildman–Crippen LogP) is 3.89. The van der Waals surface area contributed by atoms with E-state index in [1.807, 2.05) is 43.9 Å². The monoisotopic (exact) mass is 290 g/mol. The molecule has 2 rings (SSSR count). The number of carbonyl (C=O) groups excluding carboxylic acids is 1. The van der Waals surface area contributed by atoms with Crippen molar-refractivity contribution in [3.05, 3.63) is 30.3 Å². The van der Waals surface area contributed by atoms with Crippen LogP contribution in [0.25, 0.3) is 0 Å². The van der Waals surface area contributed by atoms with Gasteiger partial charge in [-0.05, 0) is 52.2 Å². The first-order valence-corrected chi connectivity index (χ1v) is 7.73. The van der Waals surface area contributed by atoms with Gasteiger partial charge >= 0.3 is 6.09 Å². The first kappa shape index (κ1) is 15.7. The van der Waals surface area contributed by atoms with Crippen molar-refractivity contribution in [1.82, 2.24) is 4.90 Å². The summed E-state index contributed by atoms with van der Waals surface area (Å²) < 4.78 is 5.49. The van der Waals surface area contributed by atoms with E-state index >= 15 is 0 Å². The van der Waals surface area contributed by atoms with Crippen LogP contribution in [0.4, 0.5) is 10.5 Å². The number of hydrogen-bond acceptors (Lipinski definition) is 3. The molecule has 1 amide bonds. The quantitative estimate of drug-likeness (QED) is 0.898. The number of carbonyl (C=O) groups is 1. The Morgan fingerprint density at radius 1 is 1.24 bits per heavy atom. The van der Waals surface area contributed by atoms with E-state index in [1.165, 1.54) is 0 Å². The molecule has 0 radical (unpaired) electrons. The largest absolute Gasteiger partial charge is 0.444 e. The summed E-state index contributed by atoms with van der Waals surface area (Å²) in [5.74, 6) is 0. The highest BCUT2D eigenvalue weighted by Crippen LogP contribution is 2.18. The molecule has 1 heterocycles. The number of ether oxygens (including phenoxy) is 1. The summed E-state index contributed by atoms with van der Waals surface area (Å²) in [4.78, 5) is 14.1. The van der Waals surface area contributed by atoms with Crippen molar-refractivity contribution < 1.29 is 9.53 Å². The highest BCUT2D eigenvalue weighted by Gasteiger charge is 2.26. The van der Waals surface area contributed by atoms with E-state index in [-0.39, 0.29) is 12.1 Å². The van der Waals surface area contributed by atoms with Crippen LogP contribution in [0.5, 0.6) is 0 Å². The lowest BCUT2D eigenvalue weighted by molar-refractivity contribution is 0.0252. The predicted molar refractivity (Wildman–Crippen MR) is 85.5 cm³/mol. The molecule has 0 spiro atoms. The molecule has 1 aliphatic rings. The van der Waals surface area contributed by atoms with Gasteiger partial charge in [-0.15, -0.1) is 0 Å². The number of para-hydroxylation sites is 1. The Bertz CT molecular complexity index is 454. The van der Waals surface area contributed by atoms with Gasteiger partial charge in [0.15, 0.2) is 0 Å². The zero-order valence-electron chi connectivity index (χ0n) is 13.3. The Labute approximate surface area is 127 Å². The van der Waals surface area contributed by atoms with E-state index in [0.717, 1.165) is 31.5 Å². The molecule has 0 bridgehead atoms. The Morgan fingerprint density at radius 2 is 1.95 bits per heavy atom. The van der Waals surface area contributed by atoms with Crippen LogP contribution in [0.2, 0.25) is 0 Å². The molecule has 1 atom stereocenters. The third kappa shape index (κ3) is 5.29. The van der Waals surface area contributed by atoms with Gasteiger partial charge in [-0.2, -0.15) is 0 Å². The zero-order chi connectivity index (χ0) is 15.3. The minimum Gasteiger partial charge on any atom is -0.444 e. The van der Waals surface area contributed by atoms with Crippen LogP contribution in [0.1, 0.15) is 40.0 Å². The Kier molecular flexibility index (Phi) is 5.10. The molecule has 1 aliphatic heterocycles. The first-order valence-electron chi connectivity index (χ1n) is 7.73. The fourth-order valence-corrected chi connectivity index (χ4v) is 2.52. The molecule has 1 saturated heterocycles. The van der Waals surface area contributed by atoms with Crippen LogP contribution in [0.3, 0.4) is 0 Å². The number of nitrogens with one attached hydrogen (secondary N) is 1. The van der Waals surface area contributed by atoms with Gasteiger partial charge in [0.1, 0.15) is 5.60 Å². The molecule has 0 aliphatic carbocycles. The molecule has 0 aromatic heterocycles. The molecule has 4 heteroatoms. The highest BCUT2D eigenvalue weighted by atomic mass is 16.6. The zero-order valence-corrected chi connectivity index (χ0v) is 13.3. The number of amides is 1. The Morgan fingerprint density at radius 3 is 2.62 bits per heavy atom. The second-order valence-electron chi connectivity index (χ2n) is 6.63. The SMILES string of the molecule is CC(C)(C)OC(=O)N1CCCC[C@H](Nc2ccccc2)C1.